The summed E-state index contributed by atoms with van der Waals surface area (Å²) >= 11 is 0. The molecule has 0 radical (unpaired) electrons. The molecule has 0 aliphatic heterocycles. The molecule has 2 N–H and O–H groups in total. The number of aliphatic hydroxyl groups is 2. The third-order valence-corrected chi connectivity index (χ3v) is 3.47. The van der Waals surface area contributed by atoms with Crippen molar-refractivity contribution < 1.29 is 10.2 Å². The number of allylic oxidation sites excluding steroid dienone is 6. The first-order chi connectivity index (χ1) is 12.7. The highest BCUT2D eigenvalue weighted by Gasteiger charge is 2.20. The van der Waals surface area contributed by atoms with E-state index in [0.29, 0.717) is 6.42 Å². The molecule has 0 aromatic rings. The SMILES string of the molecule is C=C.C=C/C=C(\C=C\O)C/C=C(\C(=C/CC)N(CO)CC(C)(C)C)N(C)C. The van der Waals surface area contributed by atoms with Crippen molar-refractivity contribution in [1.82, 2.24) is 9.80 Å². The lowest BCUT2D eigenvalue weighted by Crippen LogP contribution is -2.35. The summed E-state index contributed by atoms with van der Waals surface area (Å²) in [6.45, 7) is 19.0. The van der Waals surface area contributed by atoms with E-state index in [1.54, 1.807) is 12.2 Å². The smallest absolute Gasteiger partial charge is 0.115 e. The summed E-state index contributed by atoms with van der Waals surface area (Å²) in [4.78, 5) is 4.06. The Bertz CT molecular complexity index is 535. The number of hydrogen-bond acceptors (Lipinski definition) is 4. The second-order valence-corrected chi connectivity index (χ2v) is 7.38. The number of nitrogens with zero attached hydrogens (tertiary/aromatic N) is 2. The fourth-order valence-electron chi connectivity index (χ4n) is 2.54. The highest BCUT2D eigenvalue weighted by Crippen LogP contribution is 2.24. The Morgan fingerprint density at radius 2 is 1.67 bits per heavy atom. The lowest BCUT2D eigenvalue weighted by molar-refractivity contribution is 0.105. The first-order valence-corrected chi connectivity index (χ1v) is 9.26. The van der Waals surface area contributed by atoms with Crippen LogP contribution in [0.15, 0.2) is 73.3 Å². The summed E-state index contributed by atoms with van der Waals surface area (Å²) in [6.07, 6.45) is 12.1. The van der Waals surface area contributed by atoms with E-state index in [4.69, 9.17) is 5.11 Å². The minimum atomic E-state index is -0.0276. The van der Waals surface area contributed by atoms with Crippen LogP contribution in [0.25, 0.3) is 0 Å². The molecule has 0 rings (SSSR count). The fourth-order valence-corrected chi connectivity index (χ4v) is 2.54. The topological polar surface area (TPSA) is 46.9 Å². The zero-order valence-corrected chi connectivity index (χ0v) is 18.2. The lowest BCUT2D eigenvalue weighted by Gasteiger charge is -2.35. The minimum Gasteiger partial charge on any atom is -0.516 e. The number of aliphatic hydroxyl groups excluding tert-OH is 2. The van der Waals surface area contributed by atoms with Crippen molar-refractivity contribution in [1.29, 1.82) is 0 Å². The standard InChI is InChI=1S/C21H36N2O2.C2H4/c1-8-10-18(14-15-24)12-13-19(22(6)7)20(11-9-2)23(17-25)16-21(3,4)5;1-2/h8,10-11,13-15,24-25H,1,9,12,16-17H2,2-7H3;1-2H2/b15-14+,18-10-,19-13+,20-11+;. The summed E-state index contributed by atoms with van der Waals surface area (Å²) in [5, 5.41) is 19.0. The van der Waals surface area contributed by atoms with Crippen molar-refractivity contribution in [3.8, 4) is 0 Å². The molecule has 0 saturated heterocycles. The molecule has 0 amide bonds. The molecule has 27 heavy (non-hydrogen) atoms. The molecule has 0 aliphatic rings. The van der Waals surface area contributed by atoms with Crippen molar-refractivity contribution >= 4 is 0 Å². The van der Waals surface area contributed by atoms with Crippen LogP contribution >= 0.6 is 0 Å². The summed E-state index contributed by atoms with van der Waals surface area (Å²) in [6, 6.07) is 0. The van der Waals surface area contributed by atoms with E-state index in [1.165, 1.54) is 0 Å². The maximum Gasteiger partial charge on any atom is 0.115 e. The Hall–Kier alpha value is -2.20. The van der Waals surface area contributed by atoms with Crippen molar-refractivity contribution in [2.24, 2.45) is 5.41 Å². The largest absolute Gasteiger partial charge is 0.516 e. The molecule has 0 atom stereocenters. The van der Waals surface area contributed by atoms with Crippen LogP contribution in [0.5, 0.6) is 0 Å². The van der Waals surface area contributed by atoms with Gasteiger partial charge in [-0.25, -0.2) is 0 Å². The zero-order valence-electron chi connectivity index (χ0n) is 18.2. The van der Waals surface area contributed by atoms with Gasteiger partial charge in [0, 0.05) is 20.6 Å². The molecule has 0 aliphatic carbocycles. The number of likely N-dealkylation sites (N-methyl/N-ethyl adjacent to an activating group) is 1. The summed E-state index contributed by atoms with van der Waals surface area (Å²) in [5.74, 6) is 0. The Kier molecular flexibility index (Phi) is 14.9. The van der Waals surface area contributed by atoms with Gasteiger partial charge in [0.15, 0.2) is 0 Å². The van der Waals surface area contributed by atoms with Gasteiger partial charge in [0.2, 0.25) is 0 Å². The average molecular weight is 377 g/mol. The normalized spacial score (nSPS) is 13.2. The maximum absolute atomic E-state index is 9.93. The summed E-state index contributed by atoms with van der Waals surface area (Å²) < 4.78 is 0. The van der Waals surface area contributed by atoms with E-state index in [1.807, 2.05) is 25.1 Å². The molecule has 0 unspecified atom stereocenters. The number of hydrogen-bond donors (Lipinski definition) is 2. The molecule has 0 aromatic heterocycles. The average Bonchev–Trinajstić information content (AvgIpc) is 2.60. The Morgan fingerprint density at radius 3 is 2.04 bits per heavy atom. The molecule has 4 heteroatoms. The second-order valence-electron chi connectivity index (χ2n) is 7.38. The van der Waals surface area contributed by atoms with Crippen LogP contribution in [-0.2, 0) is 0 Å². The van der Waals surface area contributed by atoms with Crippen LogP contribution in [0, 0.1) is 5.41 Å². The molecule has 0 saturated carbocycles. The van der Waals surface area contributed by atoms with Gasteiger partial charge in [0.1, 0.15) is 6.73 Å². The molecule has 154 valence electrons. The van der Waals surface area contributed by atoms with E-state index in [0.717, 1.165) is 36.2 Å². The van der Waals surface area contributed by atoms with Gasteiger partial charge in [-0.05, 0) is 29.9 Å². The van der Waals surface area contributed by atoms with E-state index in [-0.39, 0.29) is 12.1 Å². The Morgan fingerprint density at radius 1 is 1.07 bits per heavy atom. The van der Waals surface area contributed by atoms with E-state index < -0.39 is 0 Å². The predicted molar refractivity (Wildman–Crippen MR) is 119 cm³/mol. The van der Waals surface area contributed by atoms with Crippen molar-refractivity contribution in [3.63, 3.8) is 0 Å². The van der Waals surface area contributed by atoms with Crippen molar-refractivity contribution in [3.05, 3.63) is 73.3 Å². The van der Waals surface area contributed by atoms with Gasteiger partial charge in [-0.2, -0.15) is 0 Å². The van der Waals surface area contributed by atoms with Crippen molar-refractivity contribution in [2.45, 2.75) is 40.5 Å². The van der Waals surface area contributed by atoms with E-state index in [2.05, 4.69) is 64.5 Å². The van der Waals surface area contributed by atoms with Gasteiger partial charge < -0.3 is 20.0 Å². The monoisotopic (exact) mass is 376 g/mol. The van der Waals surface area contributed by atoms with Gasteiger partial charge in [0.05, 0.1) is 17.7 Å². The van der Waals surface area contributed by atoms with Gasteiger partial charge in [-0.15, -0.1) is 13.2 Å². The highest BCUT2D eigenvalue weighted by molar-refractivity contribution is 5.32. The van der Waals surface area contributed by atoms with Gasteiger partial charge in [0.25, 0.3) is 0 Å². The summed E-state index contributed by atoms with van der Waals surface area (Å²) in [7, 11) is 4.00. The van der Waals surface area contributed by atoms with Crippen LogP contribution in [0.1, 0.15) is 40.5 Å². The maximum atomic E-state index is 9.93. The summed E-state index contributed by atoms with van der Waals surface area (Å²) in [5.41, 5.74) is 3.09. The van der Waals surface area contributed by atoms with Crippen LogP contribution in [0.3, 0.4) is 0 Å². The van der Waals surface area contributed by atoms with E-state index >= 15 is 0 Å². The highest BCUT2D eigenvalue weighted by atomic mass is 16.3. The van der Waals surface area contributed by atoms with Crippen molar-refractivity contribution in [2.75, 3.05) is 27.4 Å². The minimum absolute atomic E-state index is 0.0276. The fraction of sp³-hybridized carbons (Fsp3) is 0.478. The molecule has 4 nitrogen and oxygen atoms in total. The van der Waals surface area contributed by atoms with Gasteiger partial charge in [-0.3, -0.25) is 0 Å². The van der Waals surface area contributed by atoms with Crippen LogP contribution < -0.4 is 0 Å². The second kappa shape index (κ2) is 14.9. The third kappa shape index (κ3) is 11.9. The van der Waals surface area contributed by atoms with Crippen LogP contribution in [0.4, 0.5) is 0 Å². The predicted octanol–water partition coefficient (Wildman–Crippen LogP) is 5.40. The molecule has 0 spiro atoms. The van der Waals surface area contributed by atoms with Crippen LogP contribution in [-0.4, -0.2) is 47.4 Å². The lowest BCUT2D eigenvalue weighted by atomic mass is 9.95. The molecule has 0 aromatic carbocycles. The first kappa shape index (κ1) is 27.0. The Balaban J connectivity index is 0. The van der Waals surface area contributed by atoms with Gasteiger partial charge >= 0.3 is 0 Å². The zero-order chi connectivity index (χ0) is 21.5. The molecular weight excluding hydrogens is 336 g/mol. The van der Waals surface area contributed by atoms with Gasteiger partial charge in [-0.1, -0.05) is 58.6 Å². The third-order valence-electron chi connectivity index (χ3n) is 3.47. The Labute approximate surface area is 167 Å². The molecular formula is C23H40N2O2. The number of rotatable bonds is 10. The molecule has 0 bridgehead atoms. The first-order valence-electron chi connectivity index (χ1n) is 9.26. The van der Waals surface area contributed by atoms with Crippen LogP contribution in [0.2, 0.25) is 0 Å². The molecule has 0 heterocycles. The molecule has 0 fully saturated rings. The van der Waals surface area contributed by atoms with E-state index in [9.17, 15) is 5.11 Å². The quantitative estimate of drug-likeness (QED) is 0.232.